The van der Waals surface area contributed by atoms with Crippen LogP contribution in [0.4, 0.5) is 0 Å². The molecule has 1 aliphatic heterocycles. The number of unbranched alkanes of at least 4 members (excludes halogenated alkanes) is 2. The van der Waals surface area contributed by atoms with Gasteiger partial charge in [0.1, 0.15) is 0 Å². The molecular weight excluding hydrogens is 256 g/mol. The standard InChI is InChI=1S/C15H30N2O3/c1-3-17-10-11-20-14(13-17)12-16-9-7-5-6-8-15(18)19-4-2/h14,16H,3-13H2,1-2H3. The van der Waals surface area contributed by atoms with Gasteiger partial charge in [-0.15, -0.1) is 0 Å². The van der Waals surface area contributed by atoms with Gasteiger partial charge in [-0.25, -0.2) is 0 Å². The number of nitrogens with one attached hydrogen (secondary N) is 1. The van der Waals surface area contributed by atoms with Gasteiger partial charge in [0, 0.05) is 26.1 Å². The summed E-state index contributed by atoms with van der Waals surface area (Å²) in [5, 5.41) is 3.45. The van der Waals surface area contributed by atoms with Crippen LogP contribution in [0.3, 0.4) is 0 Å². The van der Waals surface area contributed by atoms with Crippen LogP contribution in [0.25, 0.3) is 0 Å². The van der Waals surface area contributed by atoms with E-state index in [1.54, 1.807) is 0 Å². The maximum atomic E-state index is 11.1. The molecule has 1 heterocycles. The maximum absolute atomic E-state index is 11.1. The van der Waals surface area contributed by atoms with Crippen molar-refractivity contribution in [2.45, 2.75) is 45.6 Å². The number of carbonyl (C=O) groups excluding carboxylic acids is 1. The van der Waals surface area contributed by atoms with E-state index in [0.717, 1.165) is 58.6 Å². The maximum Gasteiger partial charge on any atom is 0.305 e. The second kappa shape index (κ2) is 11.1. The van der Waals surface area contributed by atoms with Crippen molar-refractivity contribution in [1.82, 2.24) is 10.2 Å². The monoisotopic (exact) mass is 286 g/mol. The molecule has 0 aromatic carbocycles. The molecule has 0 aliphatic carbocycles. The Hall–Kier alpha value is -0.650. The Morgan fingerprint density at radius 1 is 1.35 bits per heavy atom. The summed E-state index contributed by atoms with van der Waals surface area (Å²) in [4.78, 5) is 13.6. The molecule has 0 aromatic rings. The molecule has 0 spiro atoms. The molecule has 0 amide bonds. The van der Waals surface area contributed by atoms with E-state index in [1.165, 1.54) is 0 Å². The number of rotatable bonds is 10. The summed E-state index contributed by atoms with van der Waals surface area (Å²) >= 11 is 0. The van der Waals surface area contributed by atoms with Gasteiger partial charge in [0.05, 0.1) is 19.3 Å². The van der Waals surface area contributed by atoms with Crippen molar-refractivity contribution in [3.8, 4) is 0 Å². The quantitative estimate of drug-likeness (QED) is 0.486. The molecule has 118 valence electrons. The van der Waals surface area contributed by atoms with Crippen LogP contribution in [0.1, 0.15) is 39.5 Å². The van der Waals surface area contributed by atoms with E-state index in [-0.39, 0.29) is 5.97 Å². The molecule has 1 unspecified atom stereocenters. The SMILES string of the molecule is CCOC(=O)CCCCCNCC1CN(CC)CCO1. The normalized spacial score (nSPS) is 20.0. The second-order valence-electron chi connectivity index (χ2n) is 5.21. The van der Waals surface area contributed by atoms with Crippen molar-refractivity contribution in [3.05, 3.63) is 0 Å². The number of hydrogen-bond donors (Lipinski definition) is 1. The number of hydrogen-bond acceptors (Lipinski definition) is 5. The van der Waals surface area contributed by atoms with Gasteiger partial charge in [-0.05, 0) is 32.9 Å². The fourth-order valence-electron chi connectivity index (χ4n) is 2.38. The summed E-state index contributed by atoms with van der Waals surface area (Å²) in [5.74, 6) is -0.0734. The van der Waals surface area contributed by atoms with Gasteiger partial charge in [0.15, 0.2) is 0 Å². The van der Waals surface area contributed by atoms with Gasteiger partial charge < -0.3 is 14.8 Å². The highest BCUT2D eigenvalue weighted by molar-refractivity contribution is 5.69. The molecule has 1 rings (SSSR count). The Kier molecular flexibility index (Phi) is 9.62. The Labute approximate surface area is 123 Å². The molecule has 1 fully saturated rings. The molecule has 5 nitrogen and oxygen atoms in total. The minimum Gasteiger partial charge on any atom is -0.466 e. The molecular formula is C15H30N2O3. The lowest BCUT2D eigenvalue weighted by Gasteiger charge is -2.32. The summed E-state index contributed by atoms with van der Waals surface area (Å²) in [7, 11) is 0. The van der Waals surface area contributed by atoms with Crippen LogP contribution in [0.5, 0.6) is 0 Å². The van der Waals surface area contributed by atoms with Crippen molar-refractivity contribution in [2.24, 2.45) is 0 Å². The van der Waals surface area contributed by atoms with Crippen LogP contribution in [-0.4, -0.2) is 62.9 Å². The minimum atomic E-state index is -0.0734. The van der Waals surface area contributed by atoms with E-state index in [1.807, 2.05) is 6.92 Å². The van der Waals surface area contributed by atoms with Crippen molar-refractivity contribution in [1.29, 1.82) is 0 Å². The Morgan fingerprint density at radius 2 is 2.20 bits per heavy atom. The van der Waals surface area contributed by atoms with Crippen molar-refractivity contribution < 1.29 is 14.3 Å². The number of morpholine rings is 1. The van der Waals surface area contributed by atoms with Crippen LogP contribution in [0.2, 0.25) is 0 Å². The first-order chi connectivity index (χ1) is 9.76. The van der Waals surface area contributed by atoms with Crippen LogP contribution in [-0.2, 0) is 14.3 Å². The van der Waals surface area contributed by atoms with E-state index in [9.17, 15) is 4.79 Å². The third kappa shape index (κ3) is 7.82. The van der Waals surface area contributed by atoms with Gasteiger partial charge in [-0.1, -0.05) is 13.3 Å². The van der Waals surface area contributed by atoms with Gasteiger partial charge >= 0.3 is 5.97 Å². The van der Waals surface area contributed by atoms with Gasteiger partial charge in [0.2, 0.25) is 0 Å². The first-order valence-corrected chi connectivity index (χ1v) is 7.96. The zero-order chi connectivity index (χ0) is 14.6. The van der Waals surface area contributed by atoms with Crippen molar-refractivity contribution in [3.63, 3.8) is 0 Å². The van der Waals surface area contributed by atoms with Crippen LogP contribution in [0.15, 0.2) is 0 Å². The summed E-state index contributed by atoms with van der Waals surface area (Å²) in [5.41, 5.74) is 0. The first-order valence-electron chi connectivity index (χ1n) is 7.96. The predicted molar refractivity (Wildman–Crippen MR) is 79.8 cm³/mol. The molecule has 1 N–H and O–H groups in total. The molecule has 0 bridgehead atoms. The first kappa shape index (κ1) is 17.4. The fraction of sp³-hybridized carbons (Fsp3) is 0.933. The largest absolute Gasteiger partial charge is 0.466 e. The van der Waals surface area contributed by atoms with E-state index in [2.05, 4.69) is 17.1 Å². The number of carbonyl (C=O) groups is 1. The molecule has 5 heteroatoms. The molecule has 0 radical (unpaired) electrons. The average Bonchev–Trinajstić information content (AvgIpc) is 2.47. The highest BCUT2D eigenvalue weighted by Gasteiger charge is 2.18. The number of likely N-dealkylation sites (N-methyl/N-ethyl adjacent to an activating group) is 1. The summed E-state index contributed by atoms with van der Waals surface area (Å²) < 4.78 is 10.6. The lowest BCUT2D eigenvalue weighted by atomic mass is 10.2. The Balaban J connectivity index is 1.90. The fourth-order valence-corrected chi connectivity index (χ4v) is 2.38. The Morgan fingerprint density at radius 3 is 2.95 bits per heavy atom. The lowest BCUT2D eigenvalue weighted by molar-refractivity contribution is -0.143. The Bertz CT molecular complexity index is 262. The van der Waals surface area contributed by atoms with E-state index in [4.69, 9.17) is 9.47 Å². The van der Waals surface area contributed by atoms with Gasteiger partial charge in [-0.3, -0.25) is 9.69 Å². The predicted octanol–water partition coefficient (Wildman–Crippen LogP) is 1.42. The lowest BCUT2D eigenvalue weighted by Crippen LogP contribution is -2.46. The summed E-state index contributed by atoms with van der Waals surface area (Å²) in [6.45, 7) is 10.5. The highest BCUT2D eigenvalue weighted by atomic mass is 16.5. The number of nitrogens with zero attached hydrogens (tertiary/aromatic N) is 1. The molecule has 0 saturated carbocycles. The van der Waals surface area contributed by atoms with E-state index in [0.29, 0.717) is 19.1 Å². The number of ether oxygens (including phenoxy) is 2. The van der Waals surface area contributed by atoms with E-state index < -0.39 is 0 Å². The summed E-state index contributed by atoms with van der Waals surface area (Å²) in [6, 6.07) is 0. The molecule has 20 heavy (non-hydrogen) atoms. The summed E-state index contributed by atoms with van der Waals surface area (Å²) in [6.07, 6.45) is 3.96. The topological polar surface area (TPSA) is 50.8 Å². The van der Waals surface area contributed by atoms with Crippen LogP contribution >= 0.6 is 0 Å². The molecule has 1 aliphatic rings. The molecule has 1 atom stereocenters. The smallest absolute Gasteiger partial charge is 0.305 e. The van der Waals surface area contributed by atoms with Crippen LogP contribution in [0, 0.1) is 0 Å². The molecule has 0 aromatic heterocycles. The van der Waals surface area contributed by atoms with Gasteiger partial charge in [0.25, 0.3) is 0 Å². The minimum absolute atomic E-state index is 0.0734. The highest BCUT2D eigenvalue weighted by Crippen LogP contribution is 2.04. The van der Waals surface area contributed by atoms with Crippen molar-refractivity contribution in [2.75, 3.05) is 45.9 Å². The second-order valence-corrected chi connectivity index (χ2v) is 5.21. The number of esters is 1. The zero-order valence-corrected chi connectivity index (χ0v) is 13.0. The van der Waals surface area contributed by atoms with Crippen LogP contribution < -0.4 is 5.32 Å². The third-order valence-corrected chi connectivity index (χ3v) is 3.58. The average molecular weight is 286 g/mol. The van der Waals surface area contributed by atoms with Gasteiger partial charge in [-0.2, -0.15) is 0 Å². The molecule has 1 saturated heterocycles. The van der Waals surface area contributed by atoms with Crippen molar-refractivity contribution >= 4 is 5.97 Å². The van der Waals surface area contributed by atoms with E-state index >= 15 is 0 Å². The third-order valence-electron chi connectivity index (χ3n) is 3.58. The zero-order valence-electron chi connectivity index (χ0n) is 13.0.